The molecule has 0 atom stereocenters. The molecule has 0 aliphatic rings. The number of carbonyl (C=O) groups is 1. The molecule has 5 rings (SSSR count). The summed E-state index contributed by atoms with van der Waals surface area (Å²) >= 11 is 0. The highest BCUT2D eigenvalue weighted by Crippen LogP contribution is 2.36. The number of aryl methyl sites for hydroxylation is 1. The van der Waals surface area contributed by atoms with Gasteiger partial charge in [-0.25, -0.2) is 28.1 Å². The van der Waals surface area contributed by atoms with Crippen LogP contribution in [0.1, 0.15) is 11.3 Å². The Morgan fingerprint density at radius 1 is 1.00 bits per heavy atom. The van der Waals surface area contributed by atoms with E-state index in [0.717, 1.165) is 18.2 Å². The van der Waals surface area contributed by atoms with Crippen molar-refractivity contribution in [2.45, 2.75) is 13.1 Å². The number of fused-ring (bicyclic) bond motifs is 1. The first-order valence-corrected chi connectivity index (χ1v) is 12.9. The van der Waals surface area contributed by atoms with Gasteiger partial charge in [-0.1, -0.05) is 0 Å². The van der Waals surface area contributed by atoms with Crippen LogP contribution >= 0.6 is 0 Å². The third-order valence-corrected chi connectivity index (χ3v) is 6.43. The van der Waals surface area contributed by atoms with Crippen molar-refractivity contribution in [1.29, 1.82) is 0 Å². The normalized spacial score (nSPS) is 11.4. The lowest BCUT2D eigenvalue weighted by molar-refractivity contribution is -0.137. The van der Waals surface area contributed by atoms with Crippen molar-refractivity contribution in [2.75, 3.05) is 31.3 Å². The molecule has 0 aliphatic carbocycles. The zero-order valence-electron chi connectivity index (χ0n) is 23.2. The molecule has 3 heterocycles. The standard InChI is InChI=1S/C29H24F5N7O3/c1-15-26(17-11-19(29(32,33)34)27(35)37-14-17)41-25(38-15)8-6-22(40-41)16-3-7-23(24(12-16)43-2)44-10-9-36-28(42)39-18-4-5-20(30)21(31)13-18/h3-8,11-14H,9-10H2,1-2H3,(H2,35,37)(H2,36,39,42). The van der Waals surface area contributed by atoms with E-state index in [4.69, 9.17) is 15.2 Å². The predicted molar refractivity (Wildman–Crippen MR) is 151 cm³/mol. The van der Waals surface area contributed by atoms with Gasteiger partial charge in [-0.05, 0) is 55.5 Å². The Hall–Kier alpha value is -5.47. The molecule has 0 aliphatic heterocycles. The zero-order chi connectivity index (χ0) is 31.6. The minimum Gasteiger partial charge on any atom is -0.493 e. The van der Waals surface area contributed by atoms with Crippen molar-refractivity contribution in [3.63, 3.8) is 0 Å². The van der Waals surface area contributed by atoms with Crippen molar-refractivity contribution < 1.29 is 36.2 Å². The highest BCUT2D eigenvalue weighted by atomic mass is 19.4. The van der Waals surface area contributed by atoms with Crippen LogP contribution in [0.3, 0.4) is 0 Å². The summed E-state index contributed by atoms with van der Waals surface area (Å²) < 4.78 is 79.5. The predicted octanol–water partition coefficient (Wildman–Crippen LogP) is 5.86. The lowest BCUT2D eigenvalue weighted by Gasteiger charge is -2.13. The van der Waals surface area contributed by atoms with E-state index in [0.29, 0.717) is 39.8 Å². The van der Waals surface area contributed by atoms with E-state index in [2.05, 4.69) is 25.7 Å². The highest BCUT2D eigenvalue weighted by molar-refractivity contribution is 5.89. The summed E-state index contributed by atoms with van der Waals surface area (Å²) in [7, 11) is 1.44. The summed E-state index contributed by atoms with van der Waals surface area (Å²) in [6.45, 7) is 1.79. The fraction of sp³-hybridized carbons (Fsp3) is 0.172. The first-order chi connectivity index (χ1) is 20.9. The van der Waals surface area contributed by atoms with Crippen molar-refractivity contribution in [2.24, 2.45) is 0 Å². The largest absolute Gasteiger partial charge is 0.493 e. The SMILES string of the molecule is COc1cc(-c2ccc3nc(C)c(-c4cnc(N)c(C(F)(F)F)c4)n3n2)ccc1OCCNC(=O)Nc1ccc(F)c(F)c1. The van der Waals surface area contributed by atoms with Gasteiger partial charge < -0.3 is 25.8 Å². The van der Waals surface area contributed by atoms with E-state index in [1.807, 2.05) is 0 Å². The molecule has 5 aromatic rings. The average molecular weight is 614 g/mol. The average Bonchev–Trinajstić information content (AvgIpc) is 3.31. The molecule has 0 spiro atoms. The maximum atomic E-state index is 13.5. The molecule has 0 bridgehead atoms. The number of nitrogens with two attached hydrogens (primary N) is 1. The molecule has 3 aromatic heterocycles. The van der Waals surface area contributed by atoms with Crippen molar-refractivity contribution in [3.8, 4) is 34.0 Å². The van der Waals surface area contributed by atoms with E-state index in [1.165, 1.54) is 23.9 Å². The van der Waals surface area contributed by atoms with E-state index in [-0.39, 0.29) is 24.4 Å². The number of benzene rings is 2. The number of nitrogens with zero attached hydrogens (tertiary/aromatic N) is 4. The van der Waals surface area contributed by atoms with Gasteiger partial charge in [0.05, 0.1) is 36.3 Å². The number of ether oxygens (including phenoxy) is 2. The molecule has 10 nitrogen and oxygen atoms in total. The molecular weight excluding hydrogens is 589 g/mol. The van der Waals surface area contributed by atoms with E-state index < -0.39 is 35.2 Å². The number of aromatic nitrogens is 4. The first-order valence-electron chi connectivity index (χ1n) is 12.9. The molecular formula is C29H24F5N7O3. The van der Waals surface area contributed by atoms with Gasteiger partial charge >= 0.3 is 12.2 Å². The van der Waals surface area contributed by atoms with E-state index in [1.54, 1.807) is 37.3 Å². The number of rotatable bonds is 8. The Morgan fingerprint density at radius 2 is 1.80 bits per heavy atom. The minimum absolute atomic E-state index is 0.0539. The summed E-state index contributed by atoms with van der Waals surface area (Å²) in [5.41, 5.74) is 6.92. The van der Waals surface area contributed by atoms with Crippen LogP contribution in [0, 0.1) is 18.6 Å². The molecule has 228 valence electrons. The molecule has 0 saturated heterocycles. The van der Waals surface area contributed by atoms with Crippen LogP contribution in [0.15, 0.2) is 60.8 Å². The number of hydrogen-bond donors (Lipinski definition) is 3. The molecule has 0 radical (unpaired) electrons. The number of anilines is 2. The fourth-order valence-corrected chi connectivity index (χ4v) is 4.38. The van der Waals surface area contributed by atoms with E-state index in [9.17, 15) is 26.7 Å². The van der Waals surface area contributed by atoms with Gasteiger partial charge in [0.25, 0.3) is 0 Å². The van der Waals surface area contributed by atoms with Gasteiger partial charge in [0, 0.05) is 29.1 Å². The number of alkyl halides is 3. The van der Waals surface area contributed by atoms with Crippen LogP contribution in [0.5, 0.6) is 11.5 Å². The summed E-state index contributed by atoms with van der Waals surface area (Å²) in [4.78, 5) is 20.2. The number of nitrogens with one attached hydrogen (secondary N) is 2. The van der Waals surface area contributed by atoms with Crippen molar-refractivity contribution in [3.05, 3.63) is 83.7 Å². The molecule has 0 unspecified atom stereocenters. The Balaban J connectivity index is 1.31. The molecule has 2 amide bonds. The highest BCUT2D eigenvalue weighted by Gasteiger charge is 2.34. The van der Waals surface area contributed by atoms with Gasteiger partial charge in [0.1, 0.15) is 12.4 Å². The van der Waals surface area contributed by atoms with Gasteiger partial charge in [0.15, 0.2) is 28.8 Å². The second-order valence-electron chi connectivity index (χ2n) is 9.41. The van der Waals surface area contributed by atoms with Gasteiger partial charge in [-0.2, -0.15) is 18.3 Å². The number of pyridine rings is 1. The second-order valence-corrected chi connectivity index (χ2v) is 9.41. The Morgan fingerprint density at radius 3 is 2.52 bits per heavy atom. The molecule has 15 heteroatoms. The van der Waals surface area contributed by atoms with Crippen LogP contribution < -0.4 is 25.8 Å². The number of carbonyl (C=O) groups excluding carboxylic acids is 1. The molecule has 0 fully saturated rings. The lowest BCUT2D eigenvalue weighted by atomic mass is 10.1. The number of methoxy groups -OCH3 is 1. The van der Waals surface area contributed by atoms with Crippen LogP contribution in [-0.4, -0.2) is 45.9 Å². The third-order valence-electron chi connectivity index (χ3n) is 6.43. The number of urea groups is 1. The van der Waals surface area contributed by atoms with Crippen molar-refractivity contribution in [1.82, 2.24) is 24.9 Å². The van der Waals surface area contributed by atoms with Crippen LogP contribution in [0.4, 0.5) is 38.3 Å². The van der Waals surface area contributed by atoms with Gasteiger partial charge in [-0.3, -0.25) is 0 Å². The maximum absolute atomic E-state index is 13.5. The third kappa shape index (κ3) is 6.30. The number of amides is 2. The maximum Gasteiger partial charge on any atom is 0.419 e. The molecule has 2 aromatic carbocycles. The topological polar surface area (TPSA) is 129 Å². The Kier molecular flexibility index (Phi) is 8.20. The zero-order valence-corrected chi connectivity index (χ0v) is 23.2. The summed E-state index contributed by atoms with van der Waals surface area (Å²) in [5, 5.41) is 9.55. The quantitative estimate of drug-likeness (QED) is 0.148. The van der Waals surface area contributed by atoms with Crippen LogP contribution in [0.25, 0.3) is 28.2 Å². The monoisotopic (exact) mass is 613 g/mol. The number of imidazole rings is 1. The summed E-state index contributed by atoms with van der Waals surface area (Å²) in [5.74, 6) is -2.02. The fourth-order valence-electron chi connectivity index (χ4n) is 4.38. The van der Waals surface area contributed by atoms with Crippen LogP contribution in [0.2, 0.25) is 0 Å². The van der Waals surface area contributed by atoms with Crippen molar-refractivity contribution >= 4 is 23.2 Å². The number of halogens is 5. The Bertz CT molecular complexity index is 1860. The summed E-state index contributed by atoms with van der Waals surface area (Å²) in [6.07, 6.45) is -3.45. The number of nitrogen functional groups attached to an aromatic ring is 1. The van der Waals surface area contributed by atoms with Gasteiger partial charge in [-0.15, -0.1) is 0 Å². The summed E-state index contributed by atoms with van der Waals surface area (Å²) in [6, 6.07) is 11.7. The smallest absolute Gasteiger partial charge is 0.419 e. The second kappa shape index (κ2) is 12.0. The Labute approximate surface area is 246 Å². The van der Waals surface area contributed by atoms with Crippen LogP contribution in [-0.2, 0) is 6.18 Å². The molecule has 0 saturated carbocycles. The molecule has 4 N–H and O–H groups in total. The number of hydrogen-bond acceptors (Lipinski definition) is 7. The lowest BCUT2D eigenvalue weighted by Crippen LogP contribution is -2.32. The molecule has 44 heavy (non-hydrogen) atoms. The minimum atomic E-state index is -4.69. The first kappa shape index (κ1) is 30.0. The van der Waals surface area contributed by atoms with E-state index >= 15 is 0 Å². The van der Waals surface area contributed by atoms with Gasteiger partial charge in [0.2, 0.25) is 0 Å².